The number of benzene rings is 1. The van der Waals surface area contributed by atoms with Crippen molar-refractivity contribution in [3.8, 4) is 5.75 Å². The maximum Gasteiger partial charge on any atom is 0.250 e. The number of hydrogen-bond donors (Lipinski definition) is 2. The number of amides is 1. The highest BCUT2D eigenvalue weighted by molar-refractivity contribution is 7.80. The average Bonchev–Trinajstić information content (AvgIpc) is 2.91. The fraction of sp³-hybridized carbons (Fsp3) is 0.125. The van der Waals surface area contributed by atoms with Crippen molar-refractivity contribution < 1.29 is 13.9 Å². The van der Waals surface area contributed by atoms with E-state index in [2.05, 4.69) is 10.6 Å². The first-order chi connectivity index (χ1) is 10.6. The van der Waals surface area contributed by atoms with Crippen LogP contribution in [0.15, 0.2) is 46.9 Å². The summed E-state index contributed by atoms with van der Waals surface area (Å²) in [6.45, 7) is 1.84. The van der Waals surface area contributed by atoms with Gasteiger partial charge in [0, 0.05) is 11.8 Å². The van der Waals surface area contributed by atoms with Gasteiger partial charge in [-0.3, -0.25) is 10.1 Å². The van der Waals surface area contributed by atoms with Crippen LogP contribution in [-0.4, -0.2) is 18.1 Å². The van der Waals surface area contributed by atoms with Crippen LogP contribution in [0.5, 0.6) is 5.75 Å². The minimum atomic E-state index is -0.333. The number of carbonyl (C=O) groups is 1. The van der Waals surface area contributed by atoms with Gasteiger partial charge in [0.25, 0.3) is 0 Å². The number of hydrogen-bond acceptors (Lipinski definition) is 4. The normalized spacial score (nSPS) is 10.5. The number of aryl methyl sites for hydroxylation is 1. The molecule has 114 valence electrons. The van der Waals surface area contributed by atoms with Gasteiger partial charge >= 0.3 is 0 Å². The Kier molecular flexibility index (Phi) is 5.32. The predicted octanol–water partition coefficient (Wildman–Crippen LogP) is 3.12. The minimum absolute atomic E-state index is 0.218. The largest absolute Gasteiger partial charge is 0.497 e. The van der Waals surface area contributed by atoms with Crippen molar-refractivity contribution in [1.29, 1.82) is 0 Å². The van der Waals surface area contributed by atoms with E-state index < -0.39 is 0 Å². The molecule has 22 heavy (non-hydrogen) atoms. The van der Waals surface area contributed by atoms with Gasteiger partial charge in [0.2, 0.25) is 5.91 Å². The standard InChI is InChI=1S/C16H16N2O3S/c1-11-3-6-14(21-11)9-10-15(19)18-16(22)17-12-4-7-13(20-2)8-5-12/h3-10H,1-2H3,(H2,17,18,19,22). The van der Waals surface area contributed by atoms with Gasteiger partial charge in [0.05, 0.1) is 7.11 Å². The fourth-order valence-corrected chi connectivity index (χ4v) is 1.91. The van der Waals surface area contributed by atoms with Gasteiger partial charge in [-0.15, -0.1) is 0 Å². The van der Waals surface area contributed by atoms with Crippen molar-refractivity contribution in [3.63, 3.8) is 0 Å². The van der Waals surface area contributed by atoms with Gasteiger partial charge in [-0.05, 0) is 61.6 Å². The third-order valence-electron chi connectivity index (χ3n) is 2.74. The molecule has 1 aromatic heterocycles. The number of ether oxygens (including phenoxy) is 1. The zero-order chi connectivity index (χ0) is 15.9. The van der Waals surface area contributed by atoms with Crippen molar-refractivity contribution in [3.05, 3.63) is 54.0 Å². The van der Waals surface area contributed by atoms with Gasteiger partial charge in [-0.2, -0.15) is 0 Å². The topological polar surface area (TPSA) is 63.5 Å². The average molecular weight is 316 g/mol. The van der Waals surface area contributed by atoms with Crippen LogP contribution in [0, 0.1) is 6.92 Å². The lowest BCUT2D eigenvalue weighted by atomic mass is 10.3. The molecule has 1 amide bonds. The number of thiocarbonyl (C=S) groups is 1. The lowest BCUT2D eigenvalue weighted by Gasteiger charge is -2.08. The van der Waals surface area contributed by atoms with E-state index in [9.17, 15) is 4.79 Å². The zero-order valence-corrected chi connectivity index (χ0v) is 13.1. The van der Waals surface area contributed by atoms with Crippen LogP contribution in [-0.2, 0) is 4.79 Å². The molecule has 6 heteroatoms. The molecule has 1 heterocycles. The Morgan fingerprint density at radius 3 is 2.55 bits per heavy atom. The molecule has 5 nitrogen and oxygen atoms in total. The summed E-state index contributed by atoms with van der Waals surface area (Å²) in [6, 6.07) is 10.8. The highest BCUT2D eigenvalue weighted by Crippen LogP contribution is 2.14. The molecule has 0 radical (unpaired) electrons. The molecule has 0 atom stereocenters. The zero-order valence-electron chi connectivity index (χ0n) is 12.3. The molecule has 0 bridgehead atoms. The minimum Gasteiger partial charge on any atom is -0.497 e. The van der Waals surface area contributed by atoms with E-state index in [-0.39, 0.29) is 11.0 Å². The summed E-state index contributed by atoms with van der Waals surface area (Å²) >= 11 is 5.08. The van der Waals surface area contributed by atoms with E-state index in [1.54, 1.807) is 43.5 Å². The number of nitrogens with one attached hydrogen (secondary N) is 2. The van der Waals surface area contributed by atoms with Crippen molar-refractivity contribution >= 4 is 35.0 Å². The van der Waals surface area contributed by atoms with Gasteiger partial charge in [-0.1, -0.05) is 0 Å². The Balaban J connectivity index is 1.85. The highest BCUT2D eigenvalue weighted by Gasteiger charge is 2.02. The van der Waals surface area contributed by atoms with E-state index in [1.807, 2.05) is 13.0 Å². The van der Waals surface area contributed by atoms with E-state index in [4.69, 9.17) is 21.4 Å². The smallest absolute Gasteiger partial charge is 0.250 e. The number of rotatable bonds is 4. The summed E-state index contributed by atoms with van der Waals surface area (Å²) in [5, 5.41) is 5.69. The monoisotopic (exact) mass is 316 g/mol. The van der Waals surface area contributed by atoms with Crippen LogP contribution >= 0.6 is 12.2 Å². The first kappa shape index (κ1) is 15.8. The Labute approximate surface area is 134 Å². The van der Waals surface area contributed by atoms with Gasteiger partial charge in [-0.25, -0.2) is 0 Å². The third-order valence-corrected chi connectivity index (χ3v) is 2.95. The second kappa shape index (κ2) is 7.42. The van der Waals surface area contributed by atoms with Crippen LogP contribution in [0.4, 0.5) is 5.69 Å². The SMILES string of the molecule is COc1ccc(NC(=S)NC(=O)C=Cc2ccc(C)o2)cc1. The quantitative estimate of drug-likeness (QED) is 0.670. The second-order valence-electron chi connectivity index (χ2n) is 4.45. The van der Waals surface area contributed by atoms with Crippen LogP contribution < -0.4 is 15.4 Å². The fourth-order valence-electron chi connectivity index (χ4n) is 1.69. The molecule has 0 saturated carbocycles. The summed E-state index contributed by atoms with van der Waals surface area (Å²) in [4.78, 5) is 11.7. The van der Waals surface area contributed by atoms with Crippen molar-refractivity contribution in [2.24, 2.45) is 0 Å². The molecule has 1 aromatic carbocycles. The molecule has 0 fully saturated rings. The number of methoxy groups -OCH3 is 1. The second-order valence-corrected chi connectivity index (χ2v) is 4.86. The molecule has 0 saturated heterocycles. The molecule has 0 unspecified atom stereocenters. The van der Waals surface area contributed by atoms with Crippen LogP contribution in [0.1, 0.15) is 11.5 Å². The molecule has 0 aliphatic carbocycles. The number of carbonyl (C=O) groups excluding carboxylic acids is 1. The molecule has 0 aliphatic rings. The van der Waals surface area contributed by atoms with Crippen LogP contribution in [0.3, 0.4) is 0 Å². The summed E-state index contributed by atoms with van der Waals surface area (Å²) in [5.41, 5.74) is 0.761. The Morgan fingerprint density at radius 2 is 1.95 bits per heavy atom. The van der Waals surface area contributed by atoms with Crippen LogP contribution in [0.2, 0.25) is 0 Å². The van der Waals surface area contributed by atoms with Crippen molar-refractivity contribution in [2.75, 3.05) is 12.4 Å². The van der Waals surface area contributed by atoms with E-state index in [1.165, 1.54) is 6.08 Å². The molecule has 0 aliphatic heterocycles. The Hall–Kier alpha value is -2.60. The van der Waals surface area contributed by atoms with E-state index in [0.717, 1.165) is 17.2 Å². The Morgan fingerprint density at radius 1 is 1.23 bits per heavy atom. The molecule has 2 rings (SSSR count). The molecular formula is C16H16N2O3S. The summed E-state index contributed by atoms with van der Waals surface area (Å²) in [7, 11) is 1.60. The van der Waals surface area contributed by atoms with Gasteiger partial charge in [0.15, 0.2) is 5.11 Å². The maximum atomic E-state index is 11.7. The molecule has 0 spiro atoms. The van der Waals surface area contributed by atoms with E-state index in [0.29, 0.717) is 5.76 Å². The molecular weight excluding hydrogens is 300 g/mol. The first-order valence-corrected chi connectivity index (χ1v) is 6.98. The lowest BCUT2D eigenvalue weighted by molar-refractivity contribution is -0.115. The van der Waals surface area contributed by atoms with E-state index >= 15 is 0 Å². The molecule has 2 N–H and O–H groups in total. The Bertz CT molecular complexity index is 690. The number of anilines is 1. The summed E-state index contributed by atoms with van der Waals surface area (Å²) in [6.07, 6.45) is 2.94. The van der Waals surface area contributed by atoms with Crippen molar-refractivity contribution in [1.82, 2.24) is 5.32 Å². The predicted molar refractivity (Wildman–Crippen MR) is 89.8 cm³/mol. The highest BCUT2D eigenvalue weighted by atomic mass is 32.1. The van der Waals surface area contributed by atoms with Crippen LogP contribution in [0.25, 0.3) is 6.08 Å². The summed E-state index contributed by atoms with van der Waals surface area (Å²) in [5.74, 6) is 1.82. The lowest BCUT2D eigenvalue weighted by Crippen LogP contribution is -2.32. The number of furan rings is 1. The van der Waals surface area contributed by atoms with Gasteiger partial charge < -0.3 is 14.5 Å². The van der Waals surface area contributed by atoms with Gasteiger partial charge in [0.1, 0.15) is 17.3 Å². The van der Waals surface area contributed by atoms with Crippen molar-refractivity contribution in [2.45, 2.75) is 6.92 Å². The third kappa shape index (κ3) is 4.75. The summed E-state index contributed by atoms with van der Waals surface area (Å²) < 4.78 is 10.4. The maximum absolute atomic E-state index is 11.7. The first-order valence-electron chi connectivity index (χ1n) is 6.57. The molecule has 2 aromatic rings.